The zero-order valence-corrected chi connectivity index (χ0v) is 7.25. The Balaban J connectivity index is 2.58. The maximum Gasteiger partial charge on any atom is 0.293 e. The van der Waals surface area contributed by atoms with E-state index in [4.69, 9.17) is 9.84 Å². The van der Waals surface area contributed by atoms with E-state index in [9.17, 15) is 4.79 Å². The van der Waals surface area contributed by atoms with Gasteiger partial charge in [0, 0.05) is 0 Å². The average molecular weight is 173 g/mol. The van der Waals surface area contributed by atoms with Crippen molar-refractivity contribution in [1.29, 1.82) is 0 Å². The molecular formula is C8H15NO3. The van der Waals surface area contributed by atoms with Crippen molar-refractivity contribution in [2.24, 2.45) is 0 Å². The smallest absolute Gasteiger partial charge is 0.293 e. The third kappa shape index (κ3) is 1.59. The molecule has 0 radical (unpaired) electrons. The summed E-state index contributed by atoms with van der Waals surface area (Å²) in [7, 11) is 0. The van der Waals surface area contributed by atoms with E-state index in [0.29, 0.717) is 6.47 Å². The lowest BCUT2D eigenvalue weighted by molar-refractivity contribution is -0.137. The van der Waals surface area contributed by atoms with Gasteiger partial charge in [0.1, 0.15) is 6.10 Å². The number of aliphatic hydroxyl groups is 1. The highest BCUT2D eigenvalue weighted by molar-refractivity contribution is 5.38. The molecule has 0 aromatic heterocycles. The molecule has 0 amide bonds. The SMILES string of the molecule is CC(OC=O)C1(CO)CCCN1. The highest BCUT2D eigenvalue weighted by atomic mass is 16.5. The van der Waals surface area contributed by atoms with Gasteiger partial charge in [-0.15, -0.1) is 0 Å². The van der Waals surface area contributed by atoms with Gasteiger partial charge < -0.3 is 15.2 Å². The molecule has 0 aliphatic carbocycles. The molecule has 1 heterocycles. The Morgan fingerprint density at radius 2 is 2.58 bits per heavy atom. The summed E-state index contributed by atoms with van der Waals surface area (Å²) in [4.78, 5) is 10.1. The first-order chi connectivity index (χ1) is 5.75. The Hall–Kier alpha value is -0.610. The van der Waals surface area contributed by atoms with Crippen LogP contribution in [0, 0.1) is 0 Å². The van der Waals surface area contributed by atoms with Gasteiger partial charge in [0.05, 0.1) is 12.1 Å². The highest BCUT2D eigenvalue weighted by Crippen LogP contribution is 2.24. The summed E-state index contributed by atoms with van der Waals surface area (Å²) < 4.78 is 4.82. The number of ether oxygens (including phenoxy) is 1. The molecule has 1 aliphatic rings. The van der Waals surface area contributed by atoms with Gasteiger partial charge >= 0.3 is 0 Å². The average Bonchev–Trinajstić information content (AvgIpc) is 2.54. The molecule has 1 aliphatic heterocycles. The van der Waals surface area contributed by atoms with Gasteiger partial charge in [0.2, 0.25) is 0 Å². The van der Waals surface area contributed by atoms with Gasteiger partial charge in [-0.3, -0.25) is 4.79 Å². The summed E-state index contributed by atoms with van der Waals surface area (Å²) in [6, 6.07) is 0. The molecule has 0 aromatic rings. The number of carbonyl (C=O) groups excluding carboxylic acids is 1. The van der Waals surface area contributed by atoms with Crippen LogP contribution in [-0.4, -0.2) is 36.4 Å². The Morgan fingerprint density at radius 3 is 3.00 bits per heavy atom. The molecule has 2 atom stereocenters. The summed E-state index contributed by atoms with van der Waals surface area (Å²) in [5.41, 5.74) is -0.402. The molecule has 1 rings (SSSR count). The summed E-state index contributed by atoms with van der Waals surface area (Å²) in [5, 5.41) is 12.3. The second-order valence-electron chi connectivity index (χ2n) is 3.22. The molecule has 1 fully saturated rings. The maximum absolute atomic E-state index is 10.1. The van der Waals surface area contributed by atoms with Crippen molar-refractivity contribution in [2.75, 3.05) is 13.2 Å². The van der Waals surface area contributed by atoms with Gasteiger partial charge in [-0.05, 0) is 26.3 Å². The molecule has 4 nitrogen and oxygen atoms in total. The van der Waals surface area contributed by atoms with Gasteiger partial charge in [-0.1, -0.05) is 0 Å². The summed E-state index contributed by atoms with van der Waals surface area (Å²) in [6.45, 7) is 3.13. The number of carbonyl (C=O) groups is 1. The van der Waals surface area contributed by atoms with Gasteiger partial charge in [0.15, 0.2) is 0 Å². The Bertz CT molecular complexity index is 154. The van der Waals surface area contributed by atoms with E-state index in [1.54, 1.807) is 6.92 Å². The molecule has 12 heavy (non-hydrogen) atoms. The van der Waals surface area contributed by atoms with E-state index >= 15 is 0 Å². The normalized spacial score (nSPS) is 31.5. The van der Waals surface area contributed by atoms with Crippen molar-refractivity contribution in [3.63, 3.8) is 0 Å². The molecule has 0 aromatic carbocycles. The molecule has 70 valence electrons. The third-order valence-electron chi connectivity index (χ3n) is 2.60. The van der Waals surface area contributed by atoms with E-state index in [0.717, 1.165) is 19.4 Å². The van der Waals surface area contributed by atoms with Crippen LogP contribution in [0.1, 0.15) is 19.8 Å². The molecular weight excluding hydrogens is 158 g/mol. The fourth-order valence-electron chi connectivity index (χ4n) is 1.65. The molecule has 1 saturated heterocycles. The van der Waals surface area contributed by atoms with Gasteiger partial charge in [-0.2, -0.15) is 0 Å². The second-order valence-corrected chi connectivity index (χ2v) is 3.22. The minimum atomic E-state index is -0.402. The second kappa shape index (κ2) is 3.87. The topological polar surface area (TPSA) is 58.6 Å². The first kappa shape index (κ1) is 9.48. The molecule has 0 saturated carbocycles. The number of aliphatic hydroxyl groups excluding tert-OH is 1. The molecule has 2 unspecified atom stereocenters. The van der Waals surface area contributed by atoms with Crippen molar-refractivity contribution in [2.45, 2.75) is 31.4 Å². The number of nitrogens with one attached hydrogen (secondary N) is 1. The summed E-state index contributed by atoms with van der Waals surface area (Å²) in [6.07, 6.45) is 1.62. The van der Waals surface area contributed by atoms with Crippen LogP contribution in [0.5, 0.6) is 0 Å². The van der Waals surface area contributed by atoms with Crippen LogP contribution in [0.3, 0.4) is 0 Å². The lowest BCUT2D eigenvalue weighted by Crippen LogP contribution is -2.53. The van der Waals surface area contributed by atoms with Crippen LogP contribution in [0.4, 0.5) is 0 Å². The fourth-order valence-corrected chi connectivity index (χ4v) is 1.65. The van der Waals surface area contributed by atoms with E-state index in [1.807, 2.05) is 0 Å². The van der Waals surface area contributed by atoms with Crippen molar-refractivity contribution >= 4 is 6.47 Å². The van der Waals surface area contributed by atoms with Crippen molar-refractivity contribution < 1.29 is 14.6 Å². The van der Waals surface area contributed by atoms with Crippen LogP contribution in [0.15, 0.2) is 0 Å². The van der Waals surface area contributed by atoms with Crippen LogP contribution < -0.4 is 5.32 Å². The lowest BCUT2D eigenvalue weighted by atomic mass is 9.92. The van der Waals surface area contributed by atoms with Crippen LogP contribution >= 0.6 is 0 Å². The van der Waals surface area contributed by atoms with E-state index in [-0.39, 0.29) is 12.7 Å². The minimum absolute atomic E-state index is 0.0159. The zero-order chi connectivity index (χ0) is 9.03. The zero-order valence-electron chi connectivity index (χ0n) is 7.25. The Labute approximate surface area is 71.9 Å². The molecule has 0 bridgehead atoms. The quantitative estimate of drug-likeness (QED) is 0.571. The standard InChI is InChI=1S/C8H15NO3/c1-7(12-6-11)8(5-10)3-2-4-9-8/h6-7,9-10H,2-5H2,1H3. The summed E-state index contributed by atoms with van der Waals surface area (Å²) in [5.74, 6) is 0. The number of rotatable bonds is 4. The van der Waals surface area contributed by atoms with Gasteiger partial charge in [-0.25, -0.2) is 0 Å². The highest BCUT2D eigenvalue weighted by Gasteiger charge is 2.39. The number of hydrogen-bond donors (Lipinski definition) is 2. The first-order valence-corrected chi connectivity index (χ1v) is 4.20. The van der Waals surface area contributed by atoms with E-state index in [2.05, 4.69) is 5.32 Å². The predicted octanol–water partition coefficient (Wildman–Crippen LogP) is -0.338. The summed E-state index contributed by atoms with van der Waals surface area (Å²) >= 11 is 0. The first-order valence-electron chi connectivity index (χ1n) is 4.20. The van der Waals surface area contributed by atoms with Crippen LogP contribution in [-0.2, 0) is 9.53 Å². The van der Waals surface area contributed by atoms with Gasteiger partial charge in [0.25, 0.3) is 6.47 Å². The lowest BCUT2D eigenvalue weighted by Gasteiger charge is -2.32. The Kier molecular flexibility index (Phi) is 3.05. The van der Waals surface area contributed by atoms with Crippen LogP contribution in [0.2, 0.25) is 0 Å². The molecule has 2 N–H and O–H groups in total. The maximum atomic E-state index is 10.1. The minimum Gasteiger partial charge on any atom is -0.463 e. The Morgan fingerprint density at radius 1 is 1.83 bits per heavy atom. The largest absolute Gasteiger partial charge is 0.463 e. The van der Waals surface area contributed by atoms with Crippen molar-refractivity contribution in [3.05, 3.63) is 0 Å². The predicted molar refractivity (Wildman–Crippen MR) is 43.7 cm³/mol. The molecule has 0 spiro atoms. The fraction of sp³-hybridized carbons (Fsp3) is 0.875. The number of hydrogen-bond acceptors (Lipinski definition) is 4. The monoisotopic (exact) mass is 173 g/mol. The van der Waals surface area contributed by atoms with Crippen molar-refractivity contribution in [1.82, 2.24) is 5.32 Å². The van der Waals surface area contributed by atoms with E-state index < -0.39 is 5.54 Å². The molecule has 4 heteroatoms. The van der Waals surface area contributed by atoms with E-state index in [1.165, 1.54) is 0 Å². The third-order valence-corrected chi connectivity index (χ3v) is 2.60. The van der Waals surface area contributed by atoms with Crippen molar-refractivity contribution in [3.8, 4) is 0 Å². The van der Waals surface area contributed by atoms with Crippen LogP contribution in [0.25, 0.3) is 0 Å².